The first kappa shape index (κ1) is 16.0. The van der Waals surface area contributed by atoms with Crippen LogP contribution in [0.1, 0.15) is 82.1 Å². The highest BCUT2D eigenvalue weighted by atomic mass is 32.1. The third-order valence-corrected chi connectivity index (χ3v) is 5.29. The van der Waals surface area contributed by atoms with Gasteiger partial charge in [0.2, 0.25) is 0 Å². The van der Waals surface area contributed by atoms with Crippen molar-refractivity contribution in [2.75, 3.05) is 6.54 Å². The van der Waals surface area contributed by atoms with Crippen LogP contribution in [0.5, 0.6) is 0 Å². The highest BCUT2D eigenvalue weighted by Gasteiger charge is 2.32. The van der Waals surface area contributed by atoms with E-state index < -0.39 is 0 Å². The van der Waals surface area contributed by atoms with Crippen LogP contribution in [0.4, 0.5) is 0 Å². The van der Waals surface area contributed by atoms with E-state index in [1.165, 1.54) is 70.8 Å². The number of hydrogen-bond donors (Lipinski definition) is 1. The van der Waals surface area contributed by atoms with Crippen molar-refractivity contribution in [1.82, 2.24) is 5.32 Å². The molecule has 1 atom stereocenters. The fourth-order valence-corrected chi connectivity index (χ4v) is 3.81. The third-order valence-electron chi connectivity index (χ3n) is 4.34. The van der Waals surface area contributed by atoms with Crippen LogP contribution in [0.15, 0.2) is 17.5 Å². The molecule has 1 aromatic heterocycles. The minimum Gasteiger partial charge on any atom is -0.309 e. The van der Waals surface area contributed by atoms with Crippen LogP contribution in [0.2, 0.25) is 0 Å². The highest BCUT2D eigenvalue weighted by Crippen LogP contribution is 2.42. The molecule has 1 fully saturated rings. The molecule has 0 spiro atoms. The van der Waals surface area contributed by atoms with Crippen molar-refractivity contribution < 1.29 is 0 Å². The van der Waals surface area contributed by atoms with Crippen LogP contribution in [0.25, 0.3) is 0 Å². The summed E-state index contributed by atoms with van der Waals surface area (Å²) in [5, 5.41) is 6.02. The zero-order valence-corrected chi connectivity index (χ0v) is 13.9. The minimum atomic E-state index is 0.652. The average molecular weight is 294 g/mol. The molecular formula is C18H31NS. The maximum atomic E-state index is 3.81. The van der Waals surface area contributed by atoms with E-state index in [-0.39, 0.29) is 0 Å². The molecule has 0 aromatic carbocycles. The Morgan fingerprint density at radius 1 is 1.10 bits per heavy atom. The Hall–Kier alpha value is -0.340. The average Bonchev–Trinajstić information content (AvgIpc) is 3.15. The van der Waals surface area contributed by atoms with Gasteiger partial charge in [-0.05, 0) is 43.2 Å². The van der Waals surface area contributed by atoms with Crippen molar-refractivity contribution in [3.8, 4) is 0 Å². The van der Waals surface area contributed by atoms with Gasteiger partial charge in [0, 0.05) is 10.9 Å². The molecule has 114 valence electrons. The fourth-order valence-electron chi connectivity index (χ4n) is 2.91. The lowest BCUT2D eigenvalue weighted by Gasteiger charge is -2.16. The fraction of sp³-hybridized carbons (Fsp3) is 0.778. The molecule has 1 saturated carbocycles. The van der Waals surface area contributed by atoms with Crippen molar-refractivity contribution in [2.45, 2.75) is 77.2 Å². The van der Waals surface area contributed by atoms with Crippen molar-refractivity contribution >= 4 is 11.3 Å². The Kier molecular flexibility index (Phi) is 7.67. The SMILES string of the molecule is CCCCCCCCCCNC(c1cccs1)C1CC1. The Labute approximate surface area is 129 Å². The third kappa shape index (κ3) is 5.97. The first-order valence-corrected chi connectivity index (χ1v) is 9.56. The first-order chi connectivity index (χ1) is 9.92. The summed E-state index contributed by atoms with van der Waals surface area (Å²) in [6, 6.07) is 5.14. The molecule has 1 aliphatic carbocycles. The van der Waals surface area contributed by atoms with E-state index in [1.54, 1.807) is 4.88 Å². The maximum absolute atomic E-state index is 3.81. The lowest BCUT2D eigenvalue weighted by molar-refractivity contribution is 0.468. The van der Waals surface area contributed by atoms with E-state index in [1.807, 2.05) is 11.3 Å². The van der Waals surface area contributed by atoms with Crippen LogP contribution >= 0.6 is 11.3 Å². The molecule has 1 unspecified atom stereocenters. The van der Waals surface area contributed by atoms with Crippen molar-refractivity contribution in [2.24, 2.45) is 5.92 Å². The van der Waals surface area contributed by atoms with Gasteiger partial charge in [-0.15, -0.1) is 11.3 Å². The van der Waals surface area contributed by atoms with E-state index >= 15 is 0 Å². The largest absolute Gasteiger partial charge is 0.309 e. The summed E-state index contributed by atoms with van der Waals surface area (Å²) in [4.78, 5) is 1.55. The van der Waals surface area contributed by atoms with E-state index in [0.29, 0.717) is 6.04 Å². The summed E-state index contributed by atoms with van der Waals surface area (Å²) in [5.41, 5.74) is 0. The van der Waals surface area contributed by atoms with Gasteiger partial charge in [-0.3, -0.25) is 0 Å². The second kappa shape index (κ2) is 9.57. The van der Waals surface area contributed by atoms with Crippen LogP contribution in [-0.4, -0.2) is 6.54 Å². The lowest BCUT2D eigenvalue weighted by Crippen LogP contribution is -2.23. The minimum absolute atomic E-state index is 0.652. The molecule has 0 saturated heterocycles. The van der Waals surface area contributed by atoms with Gasteiger partial charge in [-0.25, -0.2) is 0 Å². The van der Waals surface area contributed by atoms with E-state index in [0.717, 1.165) is 5.92 Å². The maximum Gasteiger partial charge on any atom is 0.0443 e. The topological polar surface area (TPSA) is 12.0 Å². The highest BCUT2D eigenvalue weighted by molar-refractivity contribution is 7.10. The number of hydrogen-bond acceptors (Lipinski definition) is 2. The number of nitrogens with one attached hydrogen (secondary N) is 1. The van der Waals surface area contributed by atoms with E-state index in [9.17, 15) is 0 Å². The van der Waals surface area contributed by atoms with Crippen molar-refractivity contribution in [3.05, 3.63) is 22.4 Å². The lowest BCUT2D eigenvalue weighted by atomic mass is 10.1. The molecule has 1 aliphatic rings. The van der Waals surface area contributed by atoms with Crippen LogP contribution in [-0.2, 0) is 0 Å². The monoisotopic (exact) mass is 293 g/mol. The molecule has 1 N–H and O–H groups in total. The summed E-state index contributed by atoms with van der Waals surface area (Å²) in [6.45, 7) is 3.49. The number of thiophene rings is 1. The molecule has 0 bridgehead atoms. The zero-order chi connectivity index (χ0) is 14.0. The Morgan fingerprint density at radius 2 is 1.80 bits per heavy atom. The summed E-state index contributed by atoms with van der Waals surface area (Å²) in [7, 11) is 0. The summed E-state index contributed by atoms with van der Waals surface area (Å²) >= 11 is 1.92. The molecular weight excluding hydrogens is 262 g/mol. The Balaban J connectivity index is 1.49. The van der Waals surface area contributed by atoms with Gasteiger partial charge in [0.15, 0.2) is 0 Å². The normalized spacial score (nSPS) is 16.4. The standard InChI is InChI=1S/C18H31NS/c1-2-3-4-5-6-7-8-9-14-19-18(16-12-13-16)17-11-10-15-20-17/h10-11,15-16,18-19H,2-9,12-14H2,1H3. The quantitative estimate of drug-likeness (QED) is 0.471. The predicted octanol–water partition coefficient (Wildman–Crippen LogP) is 5.93. The van der Waals surface area contributed by atoms with Crippen molar-refractivity contribution in [1.29, 1.82) is 0 Å². The zero-order valence-electron chi connectivity index (χ0n) is 13.1. The van der Waals surface area contributed by atoms with Gasteiger partial charge in [-0.2, -0.15) is 0 Å². The van der Waals surface area contributed by atoms with Crippen LogP contribution in [0.3, 0.4) is 0 Å². The molecule has 20 heavy (non-hydrogen) atoms. The summed E-state index contributed by atoms with van der Waals surface area (Å²) in [5.74, 6) is 0.919. The van der Waals surface area contributed by atoms with Gasteiger partial charge in [0.1, 0.15) is 0 Å². The van der Waals surface area contributed by atoms with Crippen LogP contribution in [0, 0.1) is 5.92 Å². The summed E-state index contributed by atoms with van der Waals surface area (Å²) in [6.07, 6.45) is 14.1. The second-order valence-electron chi connectivity index (χ2n) is 6.26. The van der Waals surface area contributed by atoms with Gasteiger partial charge in [-0.1, -0.05) is 57.9 Å². The van der Waals surface area contributed by atoms with Crippen molar-refractivity contribution in [3.63, 3.8) is 0 Å². The van der Waals surface area contributed by atoms with E-state index in [2.05, 4.69) is 29.8 Å². The van der Waals surface area contributed by atoms with Gasteiger partial charge >= 0.3 is 0 Å². The molecule has 0 radical (unpaired) electrons. The Morgan fingerprint density at radius 3 is 2.40 bits per heavy atom. The number of rotatable bonds is 12. The molecule has 1 heterocycles. The predicted molar refractivity (Wildman–Crippen MR) is 90.4 cm³/mol. The first-order valence-electron chi connectivity index (χ1n) is 8.68. The molecule has 2 heteroatoms. The molecule has 0 amide bonds. The molecule has 0 aliphatic heterocycles. The molecule has 1 nitrogen and oxygen atoms in total. The van der Waals surface area contributed by atoms with Crippen LogP contribution < -0.4 is 5.32 Å². The van der Waals surface area contributed by atoms with Gasteiger partial charge < -0.3 is 5.32 Å². The van der Waals surface area contributed by atoms with Gasteiger partial charge in [0.05, 0.1) is 0 Å². The van der Waals surface area contributed by atoms with E-state index in [4.69, 9.17) is 0 Å². The second-order valence-corrected chi connectivity index (χ2v) is 7.24. The number of unbranched alkanes of at least 4 members (excludes halogenated alkanes) is 7. The summed E-state index contributed by atoms with van der Waals surface area (Å²) < 4.78 is 0. The Bertz CT molecular complexity index is 329. The molecule has 1 aromatic rings. The molecule has 2 rings (SSSR count). The smallest absolute Gasteiger partial charge is 0.0443 e. The van der Waals surface area contributed by atoms with Gasteiger partial charge in [0.25, 0.3) is 0 Å².